The highest BCUT2D eigenvalue weighted by molar-refractivity contribution is 5.47. The van der Waals surface area contributed by atoms with Crippen LogP contribution in [-0.4, -0.2) is 42.1 Å². The predicted molar refractivity (Wildman–Crippen MR) is 70.9 cm³/mol. The number of anilines is 2. The molecule has 0 bridgehead atoms. The number of nitrogens with zero attached hydrogens (tertiary/aromatic N) is 3. The third-order valence-corrected chi connectivity index (χ3v) is 3.57. The second-order valence-corrected chi connectivity index (χ2v) is 4.79. The van der Waals surface area contributed by atoms with Gasteiger partial charge in [0.15, 0.2) is 0 Å². The Bertz CT molecular complexity index is 369. The minimum atomic E-state index is 0.537. The third-order valence-electron chi connectivity index (χ3n) is 3.57. The van der Waals surface area contributed by atoms with E-state index in [1.165, 1.54) is 0 Å². The van der Waals surface area contributed by atoms with E-state index in [9.17, 15) is 0 Å². The van der Waals surface area contributed by atoms with E-state index in [0.29, 0.717) is 17.9 Å². The molecular formula is C12H21N5. The van der Waals surface area contributed by atoms with Crippen molar-refractivity contribution in [1.82, 2.24) is 9.88 Å². The number of hydrogen-bond acceptors (Lipinski definition) is 5. The first-order chi connectivity index (χ1) is 8.11. The van der Waals surface area contributed by atoms with Crippen molar-refractivity contribution in [2.24, 2.45) is 5.84 Å². The number of nitrogens with two attached hydrogens (primary N) is 1. The van der Waals surface area contributed by atoms with Gasteiger partial charge < -0.3 is 10.3 Å². The second-order valence-electron chi connectivity index (χ2n) is 4.79. The van der Waals surface area contributed by atoms with Gasteiger partial charge in [-0.1, -0.05) is 6.07 Å². The van der Waals surface area contributed by atoms with E-state index in [1.54, 1.807) is 0 Å². The van der Waals surface area contributed by atoms with Gasteiger partial charge in [-0.05, 0) is 33.0 Å². The summed E-state index contributed by atoms with van der Waals surface area (Å²) in [4.78, 5) is 9.20. The molecule has 5 heteroatoms. The van der Waals surface area contributed by atoms with Crippen molar-refractivity contribution in [2.45, 2.75) is 25.9 Å². The van der Waals surface area contributed by atoms with Crippen LogP contribution in [0, 0.1) is 0 Å². The zero-order valence-corrected chi connectivity index (χ0v) is 10.7. The Labute approximate surface area is 103 Å². The fourth-order valence-corrected chi connectivity index (χ4v) is 2.27. The summed E-state index contributed by atoms with van der Waals surface area (Å²) in [7, 11) is 2.18. The number of nitrogens with one attached hydrogen (secondary N) is 1. The molecule has 1 aromatic heterocycles. The summed E-state index contributed by atoms with van der Waals surface area (Å²) < 4.78 is 0. The molecule has 17 heavy (non-hydrogen) atoms. The molecule has 1 aromatic rings. The average Bonchev–Trinajstić information content (AvgIpc) is 2.35. The van der Waals surface area contributed by atoms with Crippen LogP contribution in [0.5, 0.6) is 0 Å². The van der Waals surface area contributed by atoms with E-state index in [-0.39, 0.29) is 0 Å². The summed E-state index contributed by atoms with van der Waals surface area (Å²) in [6, 6.07) is 6.95. The maximum atomic E-state index is 5.39. The van der Waals surface area contributed by atoms with E-state index < -0.39 is 0 Å². The van der Waals surface area contributed by atoms with Crippen LogP contribution in [0.1, 0.15) is 13.8 Å². The maximum Gasteiger partial charge on any atom is 0.142 e. The number of likely N-dealkylation sites (N-methyl/N-ethyl adjacent to an activating group) is 1. The molecule has 2 rings (SSSR count). The van der Waals surface area contributed by atoms with Crippen LogP contribution in [0.2, 0.25) is 0 Å². The Balaban J connectivity index is 2.16. The zero-order chi connectivity index (χ0) is 12.4. The van der Waals surface area contributed by atoms with Gasteiger partial charge in [0.2, 0.25) is 0 Å². The molecule has 2 atom stereocenters. The molecule has 1 saturated heterocycles. The van der Waals surface area contributed by atoms with Crippen LogP contribution in [0.4, 0.5) is 11.6 Å². The lowest BCUT2D eigenvalue weighted by molar-refractivity contribution is 0.169. The number of piperazine rings is 1. The molecule has 0 spiro atoms. The molecule has 2 heterocycles. The van der Waals surface area contributed by atoms with Crippen LogP contribution in [0.15, 0.2) is 18.2 Å². The third kappa shape index (κ3) is 2.50. The van der Waals surface area contributed by atoms with Crippen LogP contribution in [0.25, 0.3) is 0 Å². The number of hydrazine groups is 1. The van der Waals surface area contributed by atoms with Gasteiger partial charge in [0, 0.05) is 25.2 Å². The van der Waals surface area contributed by atoms with Crippen LogP contribution in [0.3, 0.4) is 0 Å². The van der Waals surface area contributed by atoms with Crippen molar-refractivity contribution >= 4 is 11.6 Å². The summed E-state index contributed by atoms with van der Waals surface area (Å²) in [5.41, 5.74) is 2.59. The molecular weight excluding hydrogens is 214 g/mol. The fraction of sp³-hybridized carbons (Fsp3) is 0.583. The molecule has 3 N–H and O–H groups in total. The number of hydrogen-bond donors (Lipinski definition) is 2. The van der Waals surface area contributed by atoms with Gasteiger partial charge in [-0.25, -0.2) is 10.8 Å². The van der Waals surface area contributed by atoms with Crippen LogP contribution >= 0.6 is 0 Å². The molecule has 0 amide bonds. The van der Waals surface area contributed by atoms with Gasteiger partial charge in [0.25, 0.3) is 0 Å². The number of aromatic nitrogens is 1. The first-order valence-corrected chi connectivity index (χ1v) is 6.02. The average molecular weight is 235 g/mol. The lowest BCUT2D eigenvalue weighted by atomic mass is 10.1. The summed E-state index contributed by atoms with van der Waals surface area (Å²) in [5.74, 6) is 7.09. The van der Waals surface area contributed by atoms with Crippen molar-refractivity contribution in [3.05, 3.63) is 18.2 Å². The van der Waals surface area contributed by atoms with Crippen molar-refractivity contribution < 1.29 is 0 Å². The number of rotatable bonds is 2. The summed E-state index contributed by atoms with van der Waals surface area (Å²) in [6.45, 7) is 6.49. The number of pyridine rings is 1. The summed E-state index contributed by atoms with van der Waals surface area (Å²) >= 11 is 0. The van der Waals surface area contributed by atoms with Crippen molar-refractivity contribution in [1.29, 1.82) is 0 Å². The van der Waals surface area contributed by atoms with Gasteiger partial charge in [0.1, 0.15) is 11.6 Å². The van der Waals surface area contributed by atoms with Gasteiger partial charge in [-0.2, -0.15) is 0 Å². The highest BCUT2D eigenvalue weighted by Crippen LogP contribution is 2.20. The lowest BCUT2D eigenvalue weighted by Gasteiger charge is -2.43. The molecule has 2 unspecified atom stereocenters. The molecule has 94 valence electrons. The largest absolute Gasteiger partial charge is 0.353 e. The summed E-state index contributed by atoms with van der Waals surface area (Å²) in [5, 5.41) is 0. The molecule has 0 aromatic carbocycles. The molecule has 5 nitrogen and oxygen atoms in total. The maximum absolute atomic E-state index is 5.39. The second kappa shape index (κ2) is 4.89. The van der Waals surface area contributed by atoms with E-state index in [1.807, 2.05) is 18.2 Å². The number of nitrogen functional groups attached to an aromatic ring is 1. The molecule has 1 fully saturated rings. The standard InChI is InChI=1S/C12H21N5/c1-9-7-17(8-10(2)16(9)3)12-6-4-5-11(14-12)15-13/h4-6,9-10H,7-8,13H2,1-3H3,(H,14,15). The topological polar surface area (TPSA) is 57.4 Å². The summed E-state index contributed by atoms with van der Waals surface area (Å²) in [6.07, 6.45) is 0. The first-order valence-electron chi connectivity index (χ1n) is 6.02. The first kappa shape index (κ1) is 12.1. The van der Waals surface area contributed by atoms with E-state index in [0.717, 1.165) is 18.9 Å². The Kier molecular flexibility index (Phi) is 3.49. The molecule has 0 radical (unpaired) electrons. The monoisotopic (exact) mass is 235 g/mol. The van der Waals surface area contributed by atoms with Gasteiger partial charge in [-0.15, -0.1) is 0 Å². The van der Waals surface area contributed by atoms with Crippen molar-refractivity contribution in [3.63, 3.8) is 0 Å². The van der Waals surface area contributed by atoms with Crippen molar-refractivity contribution in [2.75, 3.05) is 30.5 Å². The van der Waals surface area contributed by atoms with Gasteiger partial charge >= 0.3 is 0 Å². The molecule has 0 saturated carbocycles. The van der Waals surface area contributed by atoms with Crippen LogP contribution in [-0.2, 0) is 0 Å². The fourth-order valence-electron chi connectivity index (χ4n) is 2.27. The zero-order valence-electron chi connectivity index (χ0n) is 10.7. The van der Waals surface area contributed by atoms with Gasteiger partial charge in [0.05, 0.1) is 0 Å². The minimum Gasteiger partial charge on any atom is -0.353 e. The normalized spacial score (nSPS) is 26.0. The Morgan fingerprint density at radius 2 is 1.94 bits per heavy atom. The lowest BCUT2D eigenvalue weighted by Crippen LogP contribution is -2.55. The smallest absolute Gasteiger partial charge is 0.142 e. The minimum absolute atomic E-state index is 0.537. The van der Waals surface area contributed by atoms with Gasteiger partial charge in [-0.3, -0.25) is 4.90 Å². The highest BCUT2D eigenvalue weighted by Gasteiger charge is 2.27. The Morgan fingerprint density at radius 3 is 2.53 bits per heavy atom. The SMILES string of the molecule is CC1CN(c2cccc(NN)n2)CC(C)N1C. The molecule has 1 aliphatic heterocycles. The highest BCUT2D eigenvalue weighted by atomic mass is 15.3. The van der Waals surface area contributed by atoms with E-state index >= 15 is 0 Å². The quantitative estimate of drug-likeness (QED) is 0.589. The van der Waals surface area contributed by atoms with Crippen LogP contribution < -0.4 is 16.2 Å². The Morgan fingerprint density at radius 1 is 1.29 bits per heavy atom. The molecule has 0 aliphatic carbocycles. The van der Waals surface area contributed by atoms with E-state index in [2.05, 4.69) is 41.1 Å². The Hall–Kier alpha value is -1.33. The predicted octanol–water partition coefficient (Wildman–Crippen LogP) is 0.896. The van der Waals surface area contributed by atoms with E-state index in [4.69, 9.17) is 5.84 Å². The van der Waals surface area contributed by atoms with Crippen molar-refractivity contribution in [3.8, 4) is 0 Å². The molecule has 1 aliphatic rings.